The quantitative estimate of drug-likeness (QED) is 0.501. The van der Waals surface area contributed by atoms with Gasteiger partial charge in [-0.2, -0.15) is 0 Å². The highest BCUT2D eigenvalue weighted by Gasteiger charge is 2.26. The van der Waals surface area contributed by atoms with E-state index in [2.05, 4.69) is 6.58 Å². The van der Waals surface area contributed by atoms with Gasteiger partial charge in [-0.1, -0.05) is 19.1 Å². The van der Waals surface area contributed by atoms with Gasteiger partial charge in [0.25, 0.3) is 0 Å². The lowest BCUT2D eigenvalue weighted by atomic mass is 9.95. The largest absolute Gasteiger partial charge is 0.259 e. The molecule has 0 saturated heterocycles. The van der Waals surface area contributed by atoms with Crippen molar-refractivity contribution in [2.24, 2.45) is 0 Å². The lowest BCUT2D eigenvalue weighted by Gasteiger charge is -2.26. The van der Waals surface area contributed by atoms with Crippen LogP contribution in [0.5, 0.6) is 0 Å². The van der Waals surface area contributed by atoms with Crippen LogP contribution in [-0.2, 0) is 10.8 Å². The van der Waals surface area contributed by atoms with Gasteiger partial charge in [-0.05, 0) is 19.3 Å². The standard InChI is InChI=1S/C9H15ClOS/c1-3-12(11)8-5-4-7(2)9(10)6-8/h8-9H,2-6H2,1H3. The summed E-state index contributed by atoms with van der Waals surface area (Å²) in [6, 6.07) is 0. The Bertz CT molecular complexity index is 203. The first-order chi connectivity index (χ1) is 5.65. The molecule has 1 fully saturated rings. The van der Waals surface area contributed by atoms with Crippen LogP contribution in [0.2, 0.25) is 0 Å². The summed E-state index contributed by atoms with van der Waals surface area (Å²) in [6.07, 6.45) is 2.80. The second-order valence-electron chi connectivity index (χ2n) is 3.19. The molecule has 1 rings (SSSR count). The molecule has 0 radical (unpaired) electrons. The monoisotopic (exact) mass is 206 g/mol. The van der Waals surface area contributed by atoms with Gasteiger partial charge in [0.2, 0.25) is 0 Å². The topological polar surface area (TPSA) is 17.1 Å². The first-order valence-corrected chi connectivity index (χ1v) is 6.16. The van der Waals surface area contributed by atoms with Crippen molar-refractivity contribution in [3.05, 3.63) is 12.2 Å². The minimum Gasteiger partial charge on any atom is -0.259 e. The maximum Gasteiger partial charge on any atom is 0.0554 e. The Balaban J connectivity index is 2.50. The van der Waals surface area contributed by atoms with E-state index in [1.807, 2.05) is 6.92 Å². The van der Waals surface area contributed by atoms with E-state index in [-0.39, 0.29) is 5.38 Å². The van der Waals surface area contributed by atoms with Crippen LogP contribution in [0, 0.1) is 0 Å². The lowest BCUT2D eigenvalue weighted by Crippen LogP contribution is -2.26. The second-order valence-corrected chi connectivity index (χ2v) is 5.72. The number of halogens is 1. The fraction of sp³-hybridized carbons (Fsp3) is 0.778. The van der Waals surface area contributed by atoms with E-state index < -0.39 is 10.8 Å². The zero-order chi connectivity index (χ0) is 9.14. The third kappa shape index (κ3) is 2.33. The normalized spacial score (nSPS) is 33.3. The summed E-state index contributed by atoms with van der Waals surface area (Å²) in [5.74, 6) is 0.751. The molecule has 0 bridgehead atoms. The van der Waals surface area contributed by atoms with Crippen molar-refractivity contribution in [1.82, 2.24) is 0 Å². The molecule has 0 aromatic rings. The minimum absolute atomic E-state index is 0.0549. The zero-order valence-electron chi connectivity index (χ0n) is 7.38. The van der Waals surface area contributed by atoms with Gasteiger partial charge in [-0.15, -0.1) is 11.6 Å². The maximum absolute atomic E-state index is 11.4. The van der Waals surface area contributed by atoms with Crippen LogP contribution in [0.1, 0.15) is 26.2 Å². The first-order valence-electron chi connectivity index (χ1n) is 4.34. The Kier molecular flexibility index (Phi) is 3.78. The molecule has 0 N–H and O–H groups in total. The average molecular weight is 207 g/mol. The molecule has 3 atom stereocenters. The Morgan fingerprint density at radius 1 is 1.75 bits per heavy atom. The molecule has 3 unspecified atom stereocenters. The van der Waals surface area contributed by atoms with Gasteiger partial charge in [0.05, 0.1) is 5.38 Å². The zero-order valence-corrected chi connectivity index (χ0v) is 8.96. The van der Waals surface area contributed by atoms with Crippen LogP contribution in [0.15, 0.2) is 12.2 Å². The Labute approximate surface area is 81.6 Å². The van der Waals surface area contributed by atoms with Crippen LogP contribution >= 0.6 is 11.6 Å². The van der Waals surface area contributed by atoms with E-state index in [9.17, 15) is 4.21 Å². The van der Waals surface area contributed by atoms with Crippen LogP contribution in [0.25, 0.3) is 0 Å². The number of alkyl halides is 1. The number of rotatable bonds is 2. The molecule has 0 aliphatic heterocycles. The number of hydrogen-bond acceptors (Lipinski definition) is 1. The molecule has 0 heterocycles. The van der Waals surface area contributed by atoms with Crippen LogP contribution in [0.4, 0.5) is 0 Å². The van der Waals surface area contributed by atoms with E-state index in [0.29, 0.717) is 5.25 Å². The summed E-state index contributed by atoms with van der Waals surface area (Å²) in [5, 5.41) is 0.363. The third-order valence-electron chi connectivity index (χ3n) is 2.36. The van der Waals surface area contributed by atoms with E-state index in [1.54, 1.807) is 0 Å². The predicted octanol–water partition coefficient (Wildman–Crippen LogP) is 2.47. The Morgan fingerprint density at radius 2 is 2.42 bits per heavy atom. The third-order valence-corrected chi connectivity index (χ3v) is 4.58. The molecule has 3 heteroatoms. The van der Waals surface area contributed by atoms with Gasteiger partial charge in [-0.3, -0.25) is 4.21 Å². The SMILES string of the molecule is C=C1CCC(S(=O)CC)CC1Cl. The van der Waals surface area contributed by atoms with Crippen molar-refractivity contribution in [3.8, 4) is 0 Å². The Morgan fingerprint density at radius 3 is 2.92 bits per heavy atom. The summed E-state index contributed by atoms with van der Waals surface area (Å²) in [5.41, 5.74) is 1.11. The summed E-state index contributed by atoms with van der Waals surface area (Å²) in [7, 11) is -0.675. The average Bonchev–Trinajstić information content (AvgIpc) is 2.08. The molecular formula is C9H15ClOS. The molecule has 1 aliphatic rings. The molecule has 0 amide bonds. The molecule has 0 spiro atoms. The smallest absolute Gasteiger partial charge is 0.0554 e. The highest BCUT2D eigenvalue weighted by Crippen LogP contribution is 2.29. The molecule has 1 aliphatic carbocycles. The van der Waals surface area contributed by atoms with Crippen LogP contribution < -0.4 is 0 Å². The molecule has 12 heavy (non-hydrogen) atoms. The van der Waals surface area contributed by atoms with Crippen molar-refractivity contribution in [1.29, 1.82) is 0 Å². The van der Waals surface area contributed by atoms with Gasteiger partial charge in [-0.25, -0.2) is 0 Å². The van der Waals surface area contributed by atoms with Crippen LogP contribution in [0.3, 0.4) is 0 Å². The van der Waals surface area contributed by atoms with Gasteiger partial charge in [0.15, 0.2) is 0 Å². The highest BCUT2D eigenvalue weighted by atomic mass is 35.5. The fourth-order valence-corrected chi connectivity index (χ4v) is 3.18. The minimum atomic E-state index is -0.675. The van der Waals surface area contributed by atoms with Crippen molar-refractivity contribution in [2.45, 2.75) is 36.8 Å². The van der Waals surface area contributed by atoms with Crippen molar-refractivity contribution in [2.75, 3.05) is 5.75 Å². The van der Waals surface area contributed by atoms with Crippen molar-refractivity contribution < 1.29 is 4.21 Å². The molecule has 0 aromatic carbocycles. The first kappa shape index (κ1) is 10.3. The van der Waals surface area contributed by atoms with Crippen molar-refractivity contribution >= 4 is 22.4 Å². The molecule has 0 aromatic heterocycles. The van der Waals surface area contributed by atoms with Crippen LogP contribution in [-0.4, -0.2) is 20.6 Å². The number of hydrogen-bond donors (Lipinski definition) is 0. The summed E-state index contributed by atoms with van der Waals surface area (Å²) in [4.78, 5) is 0. The van der Waals surface area contributed by atoms with Crippen molar-refractivity contribution in [3.63, 3.8) is 0 Å². The van der Waals surface area contributed by atoms with Gasteiger partial charge < -0.3 is 0 Å². The van der Waals surface area contributed by atoms with E-state index in [0.717, 1.165) is 30.6 Å². The fourth-order valence-electron chi connectivity index (χ4n) is 1.49. The second kappa shape index (κ2) is 4.43. The van der Waals surface area contributed by atoms with E-state index >= 15 is 0 Å². The van der Waals surface area contributed by atoms with Gasteiger partial charge in [0, 0.05) is 21.8 Å². The summed E-state index contributed by atoms with van der Waals surface area (Å²) < 4.78 is 11.4. The molecule has 1 nitrogen and oxygen atoms in total. The van der Waals surface area contributed by atoms with E-state index in [4.69, 9.17) is 11.6 Å². The summed E-state index contributed by atoms with van der Waals surface area (Å²) in [6.45, 7) is 5.84. The lowest BCUT2D eigenvalue weighted by molar-refractivity contribution is 0.593. The maximum atomic E-state index is 11.4. The molecular weight excluding hydrogens is 192 g/mol. The predicted molar refractivity (Wildman–Crippen MR) is 55.1 cm³/mol. The number of allylic oxidation sites excluding steroid dienone is 1. The molecule has 1 saturated carbocycles. The van der Waals surface area contributed by atoms with E-state index in [1.165, 1.54) is 0 Å². The molecule has 70 valence electrons. The highest BCUT2D eigenvalue weighted by molar-refractivity contribution is 7.85. The van der Waals surface area contributed by atoms with Gasteiger partial charge >= 0.3 is 0 Å². The van der Waals surface area contributed by atoms with Gasteiger partial charge in [0.1, 0.15) is 0 Å². The Hall–Kier alpha value is 0.180. The summed E-state index contributed by atoms with van der Waals surface area (Å²) >= 11 is 6.03.